The fraction of sp³-hybridized carbons (Fsp3) is 0.421. The fourth-order valence-corrected chi connectivity index (χ4v) is 3.09. The van der Waals surface area contributed by atoms with Crippen LogP contribution in [0.4, 0.5) is 0 Å². The van der Waals surface area contributed by atoms with Crippen LogP contribution in [-0.2, 0) is 11.3 Å². The van der Waals surface area contributed by atoms with Crippen molar-refractivity contribution in [3.8, 4) is 5.75 Å². The molecule has 0 saturated carbocycles. The van der Waals surface area contributed by atoms with Gasteiger partial charge in [0.2, 0.25) is 0 Å². The molecule has 3 rings (SSSR count). The van der Waals surface area contributed by atoms with Gasteiger partial charge in [0.05, 0.1) is 12.8 Å². The molecule has 25 heavy (non-hydrogen) atoms. The topological polar surface area (TPSA) is 54.7 Å². The van der Waals surface area contributed by atoms with Gasteiger partial charge in [0, 0.05) is 11.6 Å². The minimum atomic E-state index is -0.0898. The number of piperidine rings is 1. The summed E-state index contributed by atoms with van der Waals surface area (Å²) in [4.78, 5) is 14.3. The van der Waals surface area contributed by atoms with Crippen LogP contribution >= 0.6 is 11.6 Å². The number of halogens is 1. The third-order valence-corrected chi connectivity index (χ3v) is 4.69. The van der Waals surface area contributed by atoms with Crippen molar-refractivity contribution in [1.29, 1.82) is 0 Å². The van der Waals surface area contributed by atoms with E-state index in [0.29, 0.717) is 23.2 Å². The summed E-state index contributed by atoms with van der Waals surface area (Å²) in [5, 5.41) is 3.62. The lowest BCUT2D eigenvalue weighted by Gasteiger charge is -2.31. The molecular weight excluding hydrogens is 340 g/mol. The Balaban J connectivity index is 1.31. The predicted octanol–water partition coefficient (Wildman–Crippen LogP) is 3.34. The van der Waals surface area contributed by atoms with E-state index in [9.17, 15) is 4.79 Å². The molecule has 134 valence electrons. The number of ether oxygens (including phenoxy) is 1. The summed E-state index contributed by atoms with van der Waals surface area (Å²) in [7, 11) is 0. The second-order valence-corrected chi connectivity index (χ2v) is 6.78. The molecule has 2 aromatic rings. The summed E-state index contributed by atoms with van der Waals surface area (Å²) in [5.74, 6) is 2.08. The van der Waals surface area contributed by atoms with Crippen molar-refractivity contribution < 1.29 is 13.9 Å². The van der Waals surface area contributed by atoms with Crippen molar-refractivity contribution in [1.82, 2.24) is 10.2 Å². The number of amides is 1. The molecule has 1 saturated heterocycles. The quantitative estimate of drug-likeness (QED) is 0.820. The molecule has 1 N–H and O–H groups in total. The number of rotatable bonds is 7. The van der Waals surface area contributed by atoms with Crippen molar-refractivity contribution in [3.05, 3.63) is 53.4 Å². The molecule has 0 atom stereocenters. The van der Waals surface area contributed by atoms with Crippen LogP contribution in [0.5, 0.6) is 5.75 Å². The van der Waals surface area contributed by atoms with Gasteiger partial charge in [-0.25, -0.2) is 0 Å². The standard InChI is InChI=1S/C19H23ClN2O3/c20-16-3-5-17(6-4-16)25-14-19(23)21-12-15-7-9-22(10-8-15)13-18-2-1-11-24-18/h1-6,11,15H,7-10,12-14H2,(H,21,23). The molecule has 1 aromatic heterocycles. The van der Waals surface area contributed by atoms with E-state index >= 15 is 0 Å². The van der Waals surface area contributed by atoms with E-state index < -0.39 is 0 Å². The highest BCUT2D eigenvalue weighted by Gasteiger charge is 2.20. The van der Waals surface area contributed by atoms with E-state index in [1.54, 1.807) is 30.5 Å². The maximum absolute atomic E-state index is 11.9. The third kappa shape index (κ3) is 5.80. The van der Waals surface area contributed by atoms with Gasteiger partial charge < -0.3 is 14.5 Å². The lowest BCUT2D eigenvalue weighted by atomic mass is 9.96. The first-order valence-corrected chi connectivity index (χ1v) is 8.96. The second-order valence-electron chi connectivity index (χ2n) is 6.35. The Morgan fingerprint density at radius 2 is 2.00 bits per heavy atom. The Bertz CT molecular complexity index is 650. The highest BCUT2D eigenvalue weighted by molar-refractivity contribution is 6.30. The Hall–Kier alpha value is -1.98. The van der Waals surface area contributed by atoms with Crippen LogP contribution < -0.4 is 10.1 Å². The van der Waals surface area contributed by atoms with Crippen LogP contribution in [-0.4, -0.2) is 37.0 Å². The minimum absolute atomic E-state index is 0.0268. The number of carbonyl (C=O) groups is 1. The van der Waals surface area contributed by atoms with Crippen molar-refractivity contribution in [2.75, 3.05) is 26.2 Å². The molecule has 1 aliphatic rings. The van der Waals surface area contributed by atoms with E-state index in [4.69, 9.17) is 20.8 Å². The molecule has 1 fully saturated rings. The van der Waals surface area contributed by atoms with Crippen LogP contribution in [0.25, 0.3) is 0 Å². The molecule has 1 aromatic carbocycles. The SMILES string of the molecule is O=C(COc1ccc(Cl)cc1)NCC1CCN(Cc2ccco2)CC1. The number of carbonyl (C=O) groups excluding carboxylic acids is 1. The van der Waals surface area contributed by atoms with Crippen LogP contribution in [0.2, 0.25) is 5.02 Å². The van der Waals surface area contributed by atoms with E-state index in [1.807, 2.05) is 12.1 Å². The number of hydrogen-bond acceptors (Lipinski definition) is 4. The van der Waals surface area contributed by atoms with Gasteiger partial charge in [0.25, 0.3) is 5.91 Å². The number of hydrogen-bond donors (Lipinski definition) is 1. The monoisotopic (exact) mass is 362 g/mol. The molecule has 0 unspecified atom stereocenters. The number of furan rings is 1. The minimum Gasteiger partial charge on any atom is -0.484 e. The molecular formula is C19H23ClN2O3. The average molecular weight is 363 g/mol. The molecule has 0 aliphatic carbocycles. The number of nitrogens with zero attached hydrogens (tertiary/aromatic N) is 1. The van der Waals surface area contributed by atoms with Gasteiger partial charge in [-0.3, -0.25) is 9.69 Å². The first kappa shape index (κ1) is 17.8. The third-order valence-electron chi connectivity index (χ3n) is 4.44. The van der Waals surface area contributed by atoms with Gasteiger partial charge in [0.15, 0.2) is 6.61 Å². The zero-order valence-electron chi connectivity index (χ0n) is 14.1. The maximum Gasteiger partial charge on any atom is 0.257 e. The Kier molecular flexibility index (Phi) is 6.36. The van der Waals surface area contributed by atoms with Crippen molar-refractivity contribution in [2.45, 2.75) is 19.4 Å². The Labute approximate surface area is 152 Å². The van der Waals surface area contributed by atoms with Gasteiger partial charge in [-0.2, -0.15) is 0 Å². The Morgan fingerprint density at radius 1 is 1.24 bits per heavy atom. The van der Waals surface area contributed by atoms with Crippen LogP contribution in [0, 0.1) is 5.92 Å². The van der Waals surface area contributed by atoms with E-state index in [-0.39, 0.29) is 12.5 Å². The first-order valence-electron chi connectivity index (χ1n) is 8.59. The summed E-state index contributed by atoms with van der Waals surface area (Å²) >= 11 is 5.82. The summed E-state index contributed by atoms with van der Waals surface area (Å²) in [6, 6.07) is 10.9. The number of likely N-dealkylation sites (tertiary alicyclic amines) is 1. The summed E-state index contributed by atoms with van der Waals surface area (Å²) in [6.45, 7) is 3.66. The van der Waals surface area contributed by atoms with E-state index in [0.717, 1.165) is 38.2 Å². The molecule has 0 spiro atoms. The van der Waals surface area contributed by atoms with Gasteiger partial charge in [-0.05, 0) is 68.2 Å². The van der Waals surface area contributed by atoms with Gasteiger partial charge in [-0.15, -0.1) is 0 Å². The lowest BCUT2D eigenvalue weighted by molar-refractivity contribution is -0.123. The summed E-state index contributed by atoms with van der Waals surface area (Å²) < 4.78 is 10.8. The molecule has 0 bridgehead atoms. The van der Waals surface area contributed by atoms with Gasteiger partial charge in [-0.1, -0.05) is 11.6 Å². The Morgan fingerprint density at radius 3 is 2.68 bits per heavy atom. The summed E-state index contributed by atoms with van der Waals surface area (Å²) in [6.07, 6.45) is 3.88. The van der Waals surface area contributed by atoms with E-state index in [1.165, 1.54) is 0 Å². The number of benzene rings is 1. The molecule has 1 aliphatic heterocycles. The molecule has 0 radical (unpaired) electrons. The fourth-order valence-electron chi connectivity index (χ4n) is 2.96. The molecule has 2 heterocycles. The average Bonchev–Trinajstić information content (AvgIpc) is 3.14. The van der Waals surface area contributed by atoms with Gasteiger partial charge >= 0.3 is 0 Å². The smallest absolute Gasteiger partial charge is 0.257 e. The molecule has 5 nitrogen and oxygen atoms in total. The first-order chi connectivity index (χ1) is 12.2. The largest absolute Gasteiger partial charge is 0.484 e. The predicted molar refractivity (Wildman–Crippen MR) is 96.7 cm³/mol. The zero-order chi connectivity index (χ0) is 17.5. The van der Waals surface area contributed by atoms with Crippen LogP contribution in [0.15, 0.2) is 47.1 Å². The summed E-state index contributed by atoms with van der Waals surface area (Å²) in [5.41, 5.74) is 0. The van der Waals surface area contributed by atoms with Crippen molar-refractivity contribution >= 4 is 17.5 Å². The highest BCUT2D eigenvalue weighted by atomic mass is 35.5. The maximum atomic E-state index is 11.9. The van der Waals surface area contributed by atoms with Gasteiger partial charge in [0.1, 0.15) is 11.5 Å². The molecule has 6 heteroatoms. The van der Waals surface area contributed by atoms with Crippen LogP contribution in [0.1, 0.15) is 18.6 Å². The second kappa shape index (κ2) is 8.92. The van der Waals surface area contributed by atoms with Crippen molar-refractivity contribution in [3.63, 3.8) is 0 Å². The number of nitrogens with one attached hydrogen (secondary N) is 1. The van der Waals surface area contributed by atoms with E-state index in [2.05, 4.69) is 10.2 Å². The lowest BCUT2D eigenvalue weighted by Crippen LogP contribution is -2.39. The highest BCUT2D eigenvalue weighted by Crippen LogP contribution is 2.19. The molecule has 1 amide bonds. The van der Waals surface area contributed by atoms with Crippen molar-refractivity contribution in [2.24, 2.45) is 5.92 Å². The normalized spacial score (nSPS) is 15.9. The zero-order valence-corrected chi connectivity index (χ0v) is 14.9. The van der Waals surface area contributed by atoms with Crippen LogP contribution in [0.3, 0.4) is 0 Å².